The molecule has 0 saturated carbocycles. The predicted octanol–water partition coefficient (Wildman–Crippen LogP) is 4.77. The van der Waals surface area contributed by atoms with E-state index in [0.717, 1.165) is 27.9 Å². The highest BCUT2D eigenvalue weighted by Crippen LogP contribution is 2.24. The van der Waals surface area contributed by atoms with Gasteiger partial charge in [0.25, 0.3) is 0 Å². The van der Waals surface area contributed by atoms with Crippen LogP contribution in [0.15, 0.2) is 67.0 Å². The number of nitrogens with zero attached hydrogens (tertiary/aromatic N) is 6. The fraction of sp³-hybridized carbons (Fsp3) is 0.0870. The topological polar surface area (TPSA) is 81.4 Å². The molecule has 0 aliphatic rings. The molecule has 0 amide bonds. The number of aryl methyl sites for hydroxylation is 2. The zero-order valence-electron chi connectivity index (χ0n) is 16.9. The van der Waals surface area contributed by atoms with Crippen LogP contribution in [0.3, 0.4) is 0 Å². The van der Waals surface area contributed by atoms with E-state index in [0.29, 0.717) is 23.3 Å². The monoisotopic (exact) mass is 411 g/mol. The number of anilines is 2. The number of para-hydroxylation sites is 1. The van der Waals surface area contributed by atoms with E-state index in [1.54, 1.807) is 29.1 Å². The van der Waals surface area contributed by atoms with Gasteiger partial charge in [0.1, 0.15) is 5.82 Å². The number of aromatic nitrogens is 6. The molecular weight excluding hydrogens is 393 g/mol. The van der Waals surface area contributed by atoms with E-state index in [4.69, 9.17) is 0 Å². The van der Waals surface area contributed by atoms with Gasteiger partial charge >= 0.3 is 0 Å². The van der Waals surface area contributed by atoms with Gasteiger partial charge in [-0.3, -0.25) is 5.32 Å². The van der Waals surface area contributed by atoms with E-state index in [1.807, 2.05) is 44.3 Å². The van der Waals surface area contributed by atoms with E-state index < -0.39 is 0 Å². The van der Waals surface area contributed by atoms with Crippen LogP contribution in [0.4, 0.5) is 16.3 Å². The fourth-order valence-corrected chi connectivity index (χ4v) is 3.42. The Morgan fingerprint density at radius 1 is 0.871 bits per heavy atom. The first-order valence-electron chi connectivity index (χ1n) is 9.73. The molecule has 5 rings (SSSR count). The van der Waals surface area contributed by atoms with Crippen LogP contribution < -0.4 is 5.32 Å². The predicted molar refractivity (Wildman–Crippen MR) is 117 cm³/mol. The van der Waals surface area contributed by atoms with Gasteiger partial charge in [-0.25, -0.2) is 29.0 Å². The van der Waals surface area contributed by atoms with Gasteiger partial charge in [-0.2, -0.15) is 5.10 Å². The summed E-state index contributed by atoms with van der Waals surface area (Å²) in [4.78, 5) is 18.0. The second kappa shape index (κ2) is 7.56. The lowest BCUT2D eigenvalue weighted by Gasteiger charge is -2.07. The zero-order chi connectivity index (χ0) is 21.4. The standard InChI is InChI=1S/C23H18FN7/c1-14-18-8-3-4-9-20(18)28-23(26-14)29-22-25-11-10-21(27-22)19-13-31(30-15(19)2)17-7-5-6-16(24)12-17/h3-13H,1-2H3,(H,25,26,27,28,29). The van der Waals surface area contributed by atoms with Crippen molar-refractivity contribution in [2.24, 2.45) is 0 Å². The minimum Gasteiger partial charge on any atom is -0.293 e. The van der Waals surface area contributed by atoms with Crippen molar-refractivity contribution >= 4 is 22.8 Å². The number of halogens is 1. The average molecular weight is 411 g/mol. The van der Waals surface area contributed by atoms with Crippen LogP contribution in [-0.2, 0) is 0 Å². The van der Waals surface area contributed by atoms with Crippen LogP contribution in [0.2, 0.25) is 0 Å². The first-order valence-corrected chi connectivity index (χ1v) is 9.73. The molecule has 0 aliphatic heterocycles. The van der Waals surface area contributed by atoms with E-state index in [2.05, 4.69) is 30.4 Å². The minimum atomic E-state index is -0.314. The van der Waals surface area contributed by atoms with Gasteiger partial charge in [-0.05, 0) is 44.2 Å². The summed E-state index contributed by atoms with van der Waals surface area (Å²) in [6, 6.07) is 15.9. The highest BCUT2D eigenvalue weighted by atomic mass is 19.1. The third-order valence-corrected chi connectivity index (χ3v) is 4.92. The zero-order valence-corrected chi connectivity index (χ0v) is 16.9. The van der Waals surface area contributed by atoms with Crippen molar-refractivity contribution in [2.75, 3.05) is 5.32 Å². The second-order valence-electron chi connectivity index (χ2n) is 7.09. The molecule has 8 heteroatoms. The minimum absolute atomic E-state index is 0.314. The van der Waals surface area contributed by atoms with Crippen LogP contribution in [0, 0.1) is 19.7 Å². The van der Waals surface area contributed by atoms with Crippen molar-refractivity contribution in [3.8, 4) is 16.9 Å². The number of hydrogen-bond acceptors (Lipinski definition) is 6. The lowest BCUT2D eigenvalue weighted by Crippen LogP contribution is -2.03. The summed E-state index contributed by atoms with van der Waals surface area (Å²) in [5, 5.41) is 8.60. The van der Waals surface area contributed by atoms with Crippen molar-refractivity contribution < 1.29 is 4.39 Å². The Labute approximate surface area is 177 Å². The molecule has 5 aromatic rings. The fourth-order valence-electron chi connectivity index (χ4n) is 3.42. The van der Waals surface area contributed by atoms with Crippen LogP contribution in [0.1, 0.15) is 11.4 Å². The van der Waals surface area contributed by atoms with Crippen molar-refractivity contribution in [1.29, 1.82) is 0 Å². The first-order chi connectivity index (χ1) is 15.1. The highest BCUT2D eigenvalue weighted by Gasteiger charge is 2.12. The van der Waals surface area contributed by atoms with E-state index in [-0.39, 0.29) is 5.82 Å². The number of rotatable bonds is 4. The lowest BCUT2D eigenvalue weighted by atomic mass is 10.2. The van der Waals surface area contributed by atoms with Gasteiger partial charge in [0, 0.05) is 23.3 Å². The first kappa shape index (κ1) is 18.8. The highest BCUT2D eigenvalue weighted by molar-refractivity contribution is 5.81. The Balaban J connectivity index is 1.47. The summed E-state index contributed by atoms with van der Waals surface area (Å²) in [6.45, 7) is 3.83. The molecule has 1 N–H and O–H groups in total. The van der Waals surface area contributed by atoms with Crippen molar-refractivity contribution in [2.45, 2.75) is 13.8 Å². The average Bonchev–Trinajstić information content (AvgIpc) is 3.16. The Bertz CT molecular complexity index is 1410. The normalized spacial score (nSPS) is 11.1. The molecule has 2 aromatic carbocycles. The summed E-state index contributed by atoms with van der Waals surface area (Å²) in [7, 11) is 0. The molecule has 3 aromatic heterocycles. The molecule has 0 atom stereocenters. The van der Waals surface area contributed by atoms with Gasteiger partial charge in [0.2, 0.25) is 11.9 Å². The van der Waals surface area contributed by atoms with Gasteiger partial charge in [0.05, 0.1) is 28.3 Å². The van der Waals surface area contributed by atoms with Crippen LogP contribution in [-0.4, -0.2) is 29.7 Å². The Morgan fingerprint density at radius 2 is 1.74 bits per heavy atom. The maximum atomic E-state index is 13.6. The third-order valence-electron chi connectivity index (χ3n) is 4.92. The summed E-state index contributed by atoms with van der Waals surface area (Å²) in [6.07, 6.45) is 3.49. The second-order valence-corrected chi connectivity index (χ2v) is 7.09. The molecule has 3 heterocycles. The molecule has 0 fully saturated rings. The number of fused-ring (bicyclic) bond motifs is 1. The van der Waals surface area contributed by atoms with Crippen LogP contribution in [0.5, 0.6) is 0 Å². The van der Waals surface area contributed by atoms with Gasteiger partial charge < -0.3 is 0 Å². The van der Waals surface area contributed by atoms with Gasteiger partial charge in [-0.15, -0.1) is 0 Å². The molecule has 7 nitrogen and oxygen atoms in total. The molecular formula is C23H18FN7. The Morgan fingerprint density at radius 3 is 2.61 bits per heavy atom. The molecule has 31 heavy (non-hydrogen) atoms. The summed E-state index contributed by atoms with van der Waals surface area (Å²) in [5.41, 5.74) is 4.64. The SMILES string of the molecule is Cc1nn(-c2cccc(F)c2)cc1-c1ccnc(Nc2nc(C)c3ccccc3n2)n1. The number of benzene rings is 2. The Hall–Kier alpha value is -4.20. The smallest absolute Gasteiger partial charge is 0.230 e. The number of nitrogens with one attached hydrogen (secondary N) is 1. The Kier molecular flexibility index (Phi) is 4.59. The van der Waals surface area contributed by atoms with Crippen molar-refractivity contribution in [3.63, 3.8) is 0 Å². The quantitative estimate of drug-likeness (QED) is 0.459. The van der Waals surface area contributed by atoms with Crippen molar-refractivity contribution in [1.82, 2.24) is 29.7 Å². The van der Waals surface area contributed by atoms with E-state index in [1.165, 1.54) is 12.1 Å². The van der Waals surface area contributed by atoms with Gasteiger partial charge in [-0.1, -0.05) is 24.3 Å². The maximum Gasteiger partial charge on any atom is 0.230 e. The molecule has 152 valence electrons. The molecule has 0 radical (unpaired) electrons. The molecule has 0 saturated heterocycles. The molecule has 0 bridgehead atoms. The number of hydrogen-bond donors (Lipinski definition) is 1. The summed E-state index contributed by atoms with van der Waals surface area (Å²) in [5.74, 6) is 0.497. The van der Waals surface area contributed by atoms with Gasteiger partial charge in [0.15, 0.2) is 0 Å². The summed E-state index contributed by atoms with van der Waals surface area (Å²) >= 11 is 0. The van der Waals surface area contributed by atoms with Crippen LogP contribution in [0.25, 0.3) is 27.8 Å². The molecule has 0 unspecified atom stereocenters. The van der Waals surface area contributed by atoms with E-state index >= 15 is 0 Å². The third kappa shape index (κ3) is 3.71. The van der Waals surface area contributed by atoms with Crippen LogP contribution >= 0.6 is 0 Å². The maximum absolute atomic E-state index is 13.6. The lowest BCUT2D eigenvalue weighted by molar-refractivity contribution is 0.625. The molecule has 0 aliphatic carbocycles. The van der Waals surface area contributed by atoms with E-state index in [9.17, 15) is 4.39 Å². The largest absolute Gasteiger partial charge is 0.293 e. The molecule has 0 spiro atoms. The van der Waals surface area contributed by atoms with Crippen molar-refractivity contribution in [3.05, 3.63) is 84.2 Å². The summed E-state index contributed by atoms with van der Waals surface area (Å²) < 4.78 is 15.2.